The highest BCUT2D eigenvalue weighted by Crippen LogP contribution is 2.28. The third-order valence-electron chi connectivity index (χ3n) is 3.18. The van der Waals surface area contributed by atoms with Crippen LogP contribution in [0.15, 0.2) is 24.3 Å². The van der Waals surface area contributed by atoms with Gasteiger partial charge in [-0.15, -0.1) is 0 Å². The van der Waals surface area contributed by atoms with E-state index in [9.17, 15) is 9.59 Å². The number of hydrogen-bond donors (Lipinski definition) is 2. The Bertz CT molecular complexity index is 431. The molecule has 1 aliphatic rings. The number of carbonyl (C=O) groups is 2. The lowest BCUT2D eigenvalue weighted by Crippen LogP contribution is -2.45. The Balaban J connectivity index is 2.14. The number of benzene rings is 1. The fraction of sp³-hybridized carbons (Fsp3) is 0.385. The number of rotatable bonds is 3. The molecule has 4 heteroatoms. The van der Waals surface area contributed by atoms with E-state index in [0.717, 1.165) is 0 Å². The Morgan fingerprint density at radius 1 is 1.29 bits per heavy atom. The molecule has 0 bridgehead atoms. The lowest BCUT2D eigenvalue weighted by Gasteiger charge is -2.19. The molecule has 1 unspecified atom stereocenters. The fourth-order valence-corrected chi connectivity index (χ4v) is 2.43. The first-order chi connectivity index (χ1) is 8.08. The smallest absolute Gasteiger partial charge is 0.326 e. The maximum atomic E-state index is 11.2. The number of aliphatic carboxylic acids is 1. The normalized spacial score (nSPS) is 16.3. The van der Waals surface area contributed by atoms with E-state index in [0.29, 0.717) is 12.8 Å². The van der Waals surface area contributed by atoms with Crippen LogP contribution in [0.25, 0.3) is 0 Å². The van der Waals surface area contributed by atoms with E-state index in [2.05, 4.69) is 5.32 Å². The largest absolute Gasteiger partial charge is 0.480 e. The van der Waals surface area contributed by atoms with E-state index in [-0.39, 0.29) is 11.8 Å². The van der Waals surface area contributed by atoms with Crippen molar-refractivity contribution in [2.45, 2.75) is 25.8 Å². The molecule has 0 saturated carbocycles. The molecule has 1 atom stereocenters. The number of fused-ring (bicyclic) bond motifs is 1. The van der Waals surface area contributed by atoms with Crippen molar-refractivity contribution in [2.75, 3.05) is 0 Å². The topological polar surface area (TPSA) is 66.4 Å². The minimum Gasteiger partial charge on any atom is -0.480 e. The predicted molar refractivity (Wildman–Crippen MR) is 62.6 cm³/mol. The van der Waals surface area contributed by atoms with Crippen LogP contribution in [-0.4, -0.2) is 23.0 Å². The third kappa shape index (κ3) is 2.46. The quantitative estimate of drug-likeness (QED) is 0.818. The Morgan fingerprint density at radius 3 is 2.24 bits per heavy atom. The van der Waals surface area contributed by atoms with Crippen LogP contribution in [0.3, 0.4) is 0 Å². The lowest BCUT2D eigenvalue weighted by molar-refractivity contribution is -0.143. The summed E-state index contributed by atoms with van der Waals surface area (Å²) in [7, 11) is 0. The highest BCUT2D eigenvalue weighted by molar-refractivity contribution is 5.82. The molecule has 0 saturated heterocycles. The Kier molecular flexibility index (Phi) is 3.13. The molecule has 2 N–H and O–H groups in total. The Morgan fingerprint density at radius 2 is 1.82 bits per heavy atom. The van der Waals surface area contributed by atoms with Gasteiger partial charge in [0.25, 0.3) is 0 Å². The maximum absolute atomic E-state index is 11.2. The van der Waals surface area contributed by atoms with E-state index in [1.807, 2.05) is 24.3 Å². The molecule has 2 rings (SSSR count). The minimum absolute atomic E-state index is 0.0474. The van der Waals surface area contributed by atoms with Gasteiger partial charge in [0.05, 0.1) is 0 Å². The predicted octanol–water partition coefficient (Wildman–Crippen LogP) is 0.991. The standard InChI is InChI=1S/C13H15NO3/c1-8(15)14-12(13(16)17)11-6-9-4-2-3-5-10(9)7-11/h2-5,11-12H,6-7H2,1H3,(H,14,15)(H,16,17). The molecule has 1 aromatic rings. The summed E-state index contributed by atoms with van der Waals surface area (Å²) in [6.07, 6.45) is 1.43. The summed E-state index contributed by atoms with van der Waals surface area (Å²) in [6.45, 7) is 1.35. The monoisotopic (exact) mass is 233 g/mol. The van der Waals surface area contributed by atoms with Gasteiger partial charge in [0.1, 0.15) is 6.04 Å². The number of hydrogen-bond acceptors (Lipinski definition) is 2. The molecule has 4 nitrogen and oxygen atoms in total. The molecule has 0 aromatic heterocycles. The number of nitrogens with one attached hydrogen (secondary N) is 1. The summed E-state index contributed by atoms with van der Waals surface area (Å²) >= 11 is 0. The van der Waals surface area contributed by atoms with Gasteiger partial charge in [-0.05, 0) is 29.9 Å². The van der Waals surface area contributed by atoms with Gasteiger partial charge in [0.2, 0.25) is 5.91 Å². The summed E-state index contributed by atoms with van der Waals surface area (Å²) in [5.41, 5.74) is 2.38. The SMILES string of the molecule is CC(=O)NC(C(=O)O)C1Cc2ccccc2C1. The zero-order chi connectivity index (χ0) is 12.4. The van der Waals surface area contributed by atoms with Crippen LogP contribution < -0.4 is 5.32 Å². The molecular formula is C13H15NO3. The van der Waals surface area contributed by atoms with E-state index in [4.69, 9.17) is 5.11 Å². The van der Waals surface area contributed by atoms with Crippen LogP contribution in [0.1, 0.15) is 18.1 Å². The number of carbonyl (C=O) groups excluding carboxylic acids is 1. The zero-order valence-corrected chi connectivity index (χ0v) is 9.64. The molecular weight excluding hydrogens is 218 g/mol. The molecule has 0 heterocycles. The minimum atomic E-state index is -0.960. The van der Waals surface area contributed by atoms with E-state index in [1.54, 1.807) is 0 Å². The summed E-state index contributed by atoms with van der Waals surface area (Å²) in [5.74, 6) is -1.31. The van der Waals surface area contributed by atoms with Gasteiger partial charge in [-0.2, -0.15) is 0 Å². The summed E-state index contributed by atoms with van der Waals surface area (Å²) in [4.78, 5) is 22.2. The number of amides is 1. The van der Waals surface area contributed by atoms with Crippen molar-refractivity contribution in [3.05, 3.63) is 35.4 Å². The van der Waals surface area contributed by atoms with E-state index < -0.39 is 12.0 Å². The van der Waals surface area contributed by atoms with Gasteiger partial charge in [0.15, 0.2) is 0 Å². The molecule has 0 radical (unpaired) electrons. The van der Waals surface area contributed by atoms with Crippen molar-refractivity contribution in [3.63, 3.8) is 0 Å². The van der Waals surface area contributed by atoms with Crippen molar-refractivity contribution in [3.8, 4) is 0 Å². The van der Waals surface area contributed by atoms with Gasteiger partial charge in [-0.1, -0.05) is 24.3 Å². The maximum Gasteiger partial charge on any atom is 0.326 e. The molecule has 17 heavy (non-hydrogen) atoms. The Labute approximate surface area is 99.6 Å². The summed E-state index contributed by atoms with van der Waals surface area (Å²) in [6, 6.07) is 7.15. The van der Waals surface area contributed by atoms with Crippen molar-refractivity contribution in [1.82, 2.24) is 5.32 Å². The first-order valence-corrected chi connectivity index (χ1v) is 5.64. The second-order valence-corrected chi connectivity index (χ2v) is 4.45. The highest BCUT2D eigenvalue weighted by Gasteiger charge is 2.33. The third-order valence-corrected chi connectivity index (χ3v) is 3.18. The summed E-state index contributed by atoms with van der Waals surface area (Å²) in [5, 5.41) is 11.7. The lowest BCUT2D eigenvalue weighted by atomic mass is 9.96. The second kappa shape index (κ2) is 4.57. The average Bonchev–Trinajstić information content (AvgIpc) is 2.68. The van der Waals surface area contributed by atoms with Gasteiger partial charge in [-0.25, -0.2) is 4.79 Å². The second-order valence-electron chi connectivity index (χ2n) is 4.45. The molecule has 1 aromatic carbocycles. The van der Waals surface area contributed by atoms with Crippen LogP contribution in [0, 0.1) is 5.92 Å². The van der Waals surface area contributed by atoms with Crippen LogP contribution >= 0.6 is 0 Å². The number of carboxylic acid groups (broad SMARTS) is 1. The van der Waals surface area contributed by atoms with Crippen LogP contribution in [-0.2, 0) is 22.4 Å². The molecule has 0 fully saturated rings. The molecule has 0 spiro atoms. The molecule has 1 amide bonds. The van der Waals surface area contributed by atoms with Gasteiger partial charge in [0, 0.05) is 6.92 Å². The van der Waals surface area contributed by atoms with Crippen molar-refractivity contribution in [2.24, 2.45) is 5.92 Å². The van der Waals surface area contributed by atoms with Crippen molar-refractivity contribution < 1.29 is 14.7 Å². The van der Waals surface area contributed by atoms with Crippen LogP contribution in [0.5, 0.6) is 0 Å². The summed E-state index contributed by atoms with van der Waals surface area (Å²) < 4.78 is 0. The highest BCUT2D eigenvalue weighted by atomic mass is 16.4. The molecule has 0 aliphatic heterocycles. The van der Waals surface area contributed by atoms with E-state index in [1.165, 1.54) is 18.1 Å². The molecule has 90 valence electrons. The van der Waals surface area contributed by atoms with Gasteiger partial charge >= 0.3 is 5.97 Å². The van der Waals surface area contributed by atoms with Gasteiger partial charge < -0.3 is 10.4 Å². The molecule has 1 aliphatic carbocycles. The average molecular weight is 233 g/mol. The van der Waals surface area contributed by atoms with Gasteiger partial charge in [-0.3, -0.25) is 4.79 Å². The van der Waals surface area contributed by atoms with Crippen LogP contribution in [0.2, 0.25) is 0 Å². The van der Waals surface area contributed by atoms with Crippen molar-refractivity contribution in [1.29, 1.82) is 0 Å². The fourth-order valence-electron chi connectivity index (χ4n) is 2.43. The first kappa shape index (κ1) is 11.6. The van der Waals surface area contributed by atoms with Crippen molar-refractivity contribution >= 4 is 11.9 Å². The van der Waals surface area contributed by atoms with E-state index >= 15 is 0 Å². The zero-order valence-electron chi connectivity index (χ0n) is 9.64. The first-order valence-electron chi connectivity index (χ1n) is 5.64. The number of carboxylic acids is 1. The Hall–Kier alpha value is -1.84. The van der Waals surface area contributed by atoms with Crippen LogP contribution in [0.4, 0.5) is 0 Å².